The molecule has 0 aliphatic heterocycles. The summed E-state index contributed by atoms with van der Waals surface area (Å²) in [5.41, 5.74) is 5.84. The van der Waals surface area contributed by atoms with Crippen LogP contribution in [0, 0.1) is 11.6 Å². The molecule has 1 unspecified atom stereocenters. The molecule has 20 heavy (non-hydrogen) atoms. The summed E-state index contributed by atoms with van der Waals surface area (Å²) in [6.07, 6.45) is 0. The van der Waals surface area contributed by atoms with Crippen molar-refractivity contribution < 1.29 is 18.0 Å². The Morgan fingerprint density at radius 2 is 2.05 bits per heavy atom. The van der Waals surface area contributed by atoms with Gasteiger partial charge in [-0.05, 0) is 36.8 Å². The van der Waals surface area contributed by atoms with Crippen LogP contribution in [0.2, 0.25) is 0 Å². The Morgan fingerprint density at radius 1 is 1.30 bits per heavy atom. The van der Waals surface area contributed by atoms with E-state index in [0.717, 1.165) is 12.1 Å². The Hall–Kier alpha value is -2.21. The zero-order valence-electron chi connectivity index (χ0n) is 10.8. The molecule has 1 amide bonds. The van der Waals surface area contributed by atoms with Crippen LogP contribution >= 0.6 is 0 Å². The van der Waals surface area contributed by atoms with Crippen LogP contribution in [-0.2, 0) is 6.54 Å². The molecule has 1 aromatic carbocycles. The lowest BCUT2D eigenvalue weighted by Gasteiger charge is -2.13. The van der Waals surface area contributed by atoms with Crippen molar-refractivity contribution in [3.63, 3.8) is 0 Å². The van der Waals surface area contributed by atoms with Gasteiger partial charge in [-0.3, -0.25) is 4.79 Å². The van der Waals surface area contributed by atoms with E-state index in [9.17, 15) is 13.6 Å². The summed E-state index contributed by atoms with van der Waals surface area (Å²) in [7, 11) is 0. The maximum absolute atomic E-state index is 13.1. The van der Waals surface area contributed by atoms with E-state index in [1.807, 2.05) is 0 Å². The monoisotopic (exact) mass is 280 g/mol. The van der Waals surface area contributed by atoms with E-state index in [1.165, 1.54) is 12.1 Å². The molecule has 106 valence electrons. The predicted octanol–water partition coefficient (Wildman–Crippen LogP) is 2.51. The van der Waals surface area contributed by atoms with Crippen LogP contribution in [-0.4, -0.2) is 5.91 Å². The first-order chi connectivity index (χ1) is 9.51. The van der Waals surface area contributed by atoms with Gasteiger partial charge in [0.15, 0.2) is 17.4 Å². The van der Waals surface area contributed by atoms with Crippen LogP contribution in [0.4, 0.5) is 8.78 Å². The molecule has 0 bridgehead atoms. The van der Waals surface area contributed by atoms with Crippen LogP contribution in [0.5, 0.6) is 0 Å². The molecule has 3 N–H and O–H groups in total. The van der Waals surface area contributed by atoms with Crippen LogP contribution in [0.25, 0.3) is 0 Å². The predicted molar refractivity (Wildman–Crippen MR) is 68.8 cm³/mol. The third-order valence-corrected chi connectivity index (χ3v) is 2.88. The van der Waals surface area contributed by atoms with E-state index >= 15 is 0 Å². The number of amides is 1. The smallest absolute Gasteiger partial charge is 0.287 e. The highest BCUT2D eigenvalue weighted by molar-refractivity contribution is 5.91. The maximum Gasteiger partial charge on any atom is 0.287 e. The fourth-order valence-corrected chi connectivity index (χ4v) is 1.74. The van der Waals surface area contributed by atoms with E-state index in [4.69, 9.17) is 10.2 Å². The molecule has 0 saturated heterocycles. The minimum Gasteiger partial charge on any atom is -0.455 e. The highest BCUT2D eigenvalue weighted by Crippen LogP contribution is 2.17. The Balaban J connectivity index is 2.08. The Kier molecular flexibility index (Phi) is 4.14. The number of nitrogens with two attached hydrogens (primary N) is 1. The summed E-state index contributed by atoms with van der Waals surface area (Å²) in [5, 5.41) is 2.63. The molecule has 0 aliphatic carbocycles. The summed E-state index contributed by atoms with van der Waals surface area (Å²) in [6, 6.07) is 6.12. The molecule has 0 spiro atoms. The number of carbonyl (C=O) groups excluding carboxylic acids is 1. The topological polar surface area (TPSA) is 68.3 Å². The minimum absolute atomic E-state index is 0.125. The van der Waals surface area contributed by atoms with Crippen LogP contribution in [0.15, 0.2) is 34.7 Å². The largest absolute Gasteiger partial charge is 0.455 e. The van der Waals surface area contributed by atoms with Gasteiger partial charge in [0.05, 0.1) is 12.6 Å². The third-order valence-electron chi connectivity index (χ3n) is 2.88. The SMILES string of the molecule is CC(NC(=O)c1ccc(CN)o1)c1ccc(F)c(F)c1. The molecule has 0 saturated carbocycles. The molecule has 1 aromatic heterocycles. The molecule has 1 heterocycles. The van der Waals surface area contributed by atoms with Crippen molar-refractivity contribution in [2.24, 2.45) is 5.73 Å². The van der Waals surface area contributed by atoms with Crippen LogP contribution in [0.3, 0.4) is 0 Å². The zero-order valence-corrected chi connectivity index (χ0v) is 10.8. The molecule has 2 rings (SSSR count). The first kappa shape index (κ1) is 14.2. The summed E-state index contributed by atoms with van der Waals surface area (Å²) < 4.78 is 31.2. The number of hydrogen-bond donors (Lipinski definition) is 2. The lowest BCUT2D eigenvalue weighted by atomic mass is 10.1. The van der Waals surface area contributed by atoms with Crippen molar-refractivity contribution in [2.45, 2.75) is 19.5 Å². The van der Waals surface area contributed by atoms with E-state index in [0.29, 0.717) is 11.3 Å². The van der Waals surface area contributed by atoms with Crippen molar-refractivity contribution in [2.75, 3.05) is 0 Å². The highest BCUT2D eigenvalue weighted by Gasteiger charge is 2.15. The molecule has 6 heteroatoms. The first-order valence-corrected chi connectivity index (χ1v) is 6.06. The fraction of sp³-hybridized carbons (Fsp3) is 0.214. The normalized spacial score (nSPS) is 12.2. The molecule has 0 radical (unpaired) electrons. The summed E-state index contributed by atoms with van der Waals surface area (Å²) in [6.45, 7) is 1.86. The number of hydrogen-bond acceptors (Lipinski definition) is 3. The zero-order chi connectivity index (χ0) is 14.7. The quantitative estimate of drug-likeness (QED) is 0.904. The maximum atomic E-state index is 13.1. The van der Waals surface area contributed by atoms with Gasteiger partial charge < -0.3 is 15.5 Å². The lowest BCUT2D eigenvalue weighted by molar-refractivity contribution is 0.0910. The second-order valence-corrected chi connectivity index (χ2v) is 4.34. The summed E-state index contributed by atoms with van der Waals surface area (Å²) in [4.78, 5) is 11.9. The number of furan rings is 1. The van der Waals surface area contributed by atoms with E-state index in [1.54, 1.807) is 13.0 Å². The van der Waals surface area contributed by atoms with E-state index in [2.05, 4.69) is 5.32 Å². The van der Waals surface area contributed by atoms with Gasteiger partial charge in [0, 0.05) is 0 Å². The number of benzene rings is 1. The van der Waals surface area contributed by atoms with Gasteiger partial charge in [-0.2, -0.15) is 0 Å². The Bertz CT molecular complexity index is 625. The van der Waals surface area contributed by atoms with Gasteiger partial charge >= 0.3 is 0 Å². The van der Waals surface area contributed by atoms with Crippen molar-refractivity contribution in [1.29, 1.82) is 0 Å². The van der Waals surface area contributed by atoms with Crippen LogP contribution < -0.4 is 11.1 Å². The van der Waals surface area contributed by atoms with Crippen molar-refractivity contribution in [1.82, 2.24) is 5.32 Å². The van der Waals surface area contributed by atoms with Gasteiger partial charge in [0.1, 0.15) is 5.76 Å². The first-order valence-electron chi connectivity index (χ1n) is 6.06. The number of halogens is 2. The molecule has 0 aliphatic rings. The van der Waals surface area contributed by atoms with Crippen molar-refractivity contribution >= 4 is 5.91 Å². The summed E-state index contributed by atoms with van der Waals surface area (Å²) >= 11 is 0. The molecule has 0 fully saturated rings. The van der Waals surface area contributed by atoms with Gasteiger partial charge in [-0.25, -0.2) is 8.78 Å². The molecule has 4 nitrogen and oxygen atoms in total. The Morgan fingerprint density at radius 3 is 2.65 bits per heavy atom. The molecular formula is C14H14F2N2O2. The van der Waals surface area contributed by atoms with Crippen LogP contribution in [0.1, 0.15) is 34.8 Å². The molecule has 1 atom stereocenters. The molecule has 2 aromatic rings. The van der Waals surface area contributed by atoms with E-state index < -0.39 is 23.6 Å². The van der Waals surface area contributed by atoms with Gasteiger partial charge in [0.2, 0.25) is 0 Å². The second-order valence-electron chi connectivity index (χ2n) is 4.34. The summed E-state index contributed by atoms with van der Waals surface area (Å²) in [5.74, 6) is -1.70. The standard InChI is InChI=1S/C14H14F2N2O2/c1-8(9-2-4-11(15)12(16)6-9)18-14(19)13-5-3-10(7-17)20-13/h2-6,8H,7,17H2,1H3,(H,18,19). The number of carbonyl (C=O) groups is 1. The van der Waals surface area contributed by atoms with Gasteiger partial charge in [0.25, 0.3) is 5.91 Å². The van der Waals surface area contributed by atoms with Crippen molar-refractivity contribution in [3.05, 3.63) is 59.1 Å². The van der Waals surface area contributed by atoms with Crippen molar-refractivity contribution in [3.8, 4) is 0 Å². The number of nitrogens with one attached hydrogen (secondary N) is 1. The third kappa shape index (κ3) is 3.03. The fourth-order valence-electron chi connectivity index (χ4n) is 1.74. The minimum atomic E-state index is -0.952. The average Bonchev–Trinajstić information content (AvgIpc) is 2.90. The second kappa shape index (κ2) is 5.83. The lowest BCUT2D eigenvalue weighted by Crippen LogP contribution is -2.26. The molecular weight excluding hydrogens is 266 g/mol. The highest BCUT2D eigenvalue weighted by atomic mass is 19.2. The van der Waals surface area contributed by atoms with E-state index in [-0.39, 0.29) is 12.3 Å². The average molecular weight is 280 g/mol. The van der Waals surface area contributed by atoms with Gasteiger partial charge in [-0.1, -0.05) is 6.07 Å². The Labute approximate surface area is 114 Å². The van der Waals surface area contributed by atoms with Gasteiger partial charge in [-0.15, -0.1) is 0 Å². The number of rotatable bonds is 4.